The van der Waals surface area contributed by atoms with Crippen LogP contribution in [0.25, 0.3) is 0 Å². The third kappa shape index (κ3) is 3.24. The molecule has 0 aromatic heterocycles. The van der Waals surface area contributed by atoms with Crippen molar-refractivity contribution in [2.24, 2.45) is 10.9 Å². The number of nitrogens with two attached hydrogens (primary N) is 1. The number of nitrogens with zero attached hydrogens (tertiary/aromatic N) is 2. The van der Waals surface area contributed by atoms with Gasteiger partial charge in [0.15, 0.2) is 0 Å². The van der Waals surface area contributed by atoms with Gasteiger partial charge in [0, 0.05) is 5.02 Å². The minimum absolute atomic E-state index is 0.363. The number of anilines is 1. The van der Waals surface area contributed by atoms with Gasteiger partial charge in [-0.3, -0.25) is 15.6 Å². The number of hydrazine groups is 1. The highest BCUT2D eigenvalue weighted by Gasteiger charge is 2.07. The zero-order chi connectivity index (χ0) is 12.0. The van der Waals surface area contributed by atoms with E-state index in [2.05, 4.69) is 10.5 Å². The predicted molar refractivity (Wildman–Crippen MR) is 60.5 cm³/mol. The van der Waals surface area contributed by atoms with E-state index in [9.17, 15) is 4.79 Å². The van der Waals surface area contributed by atoms with Crippen molar-refractivity contribution in [3.8, 4) is 6.07 Å². The summed E-state index contributed by atoms with van der Waals surface area (Å²) >= 11 is 5.68. The van der Waals surface area contributed by atoms with Crippen LogP contribution in [0.5, 0.6) is 0 Å². The molecule has 4 N–H and O–H groups in total. The maximum atomic E-state index is 11.0. The molecule has 1 amide bonds. The second-order valence-corrected chi connectivity index (χ2v) is 3.10. The van der Waals surface area contributed by atoms with Crippen molar-refractivity contribution in [2.45, 2.75) is 0 Å². The molecular weight excluding hydrogens is 230 g/mol. The van der Waals surface area contributed by atoms with E-state index >= 15 is 0 Å². The fourth-order valence-electron chi connectivity index (χ4n) is 0.840. The Morgan fingerprint density at radius 3 is 2.56 bits per heavy atom. The predicted octanol–water partition coefficient (Wildman–Crippen LogP) is 0.621. The Bertz CT molecular complexity index is 448. The van der Waals surface area contributed by atoms with Crippen LogP contribution in [-0.2, 0) is 4.79 Å². The lowest BCUT2D eigenvalue weighted by Gasteiger charge is -2.00. The summed E-state index contributed by atoms with van der Waals surface area (Å²) in [7, 11) is 0. The molecule has 0 heterocycles. The number of rotatable bonds is 3. The summed E-state index contributed by atoms with van der Waals surface area (Å²) in [6, 6.07) is 8.21. The number of carbonyl (C=O) groups is 1. The Morgan fingerprint density at radius 1 is 1.44 bits per heavy atom. The molecule has 1 rings (SSSR count). The molecular formula is C9H8ClN5O. The molecule has 6 nitrogen and oxygen atoms in total. The summed E-state index contributed by atoms with van der Waals surface area (Å²) in [5, 5.41) is 12.8. The summed E-state index contributed by atoms with van der Waals surface area (Å²) in [4.78, 5) is 11.0. The average Bonchev–Trinajstić information content (AvgIpc) is 2.31. The molecule has 0 saturated carbocycles. The van der Waals surface area contributed by atoms with Crippen molar-refractivity contribution in [1.82, 2.24) is 5.43 Å². The number of hydrogen-bond acceptors (Lipinski definition) is 5. The summed E-state index contributed by atoms with van der Waals surface area (Å²) in [6.45, 7) is 0. The number of hydrazone groups is 1. The van der Waals surface area contributed by atoms with Gasteiger partial charge < -0.3 is 0 Å². The molecule has 1 aromatic rings. The van der Waals surface area contributed by atoms with Crippen molar-refractivity contribution < 1.29 is 4.79 Å². The van der Waals surface area contributed by atoms with Crippen LogP contribution >= 0.6 is 11.6 Å². The maximum Gasteiger partial charge on any atom is 0.296 e. The molecule has 0 spiro atoms. The minimum atomic E-state index is -0.760. The van der Waals surface area contributed by atoms with Gasteiger partial charge in [0.2, 0.25) is 5.71 Å². The van der Waals surface area contributed by atoms with E-state index in [1.54, 1.807) is 30.3 Å². The normalized spacial score (nSPS) is 10.4. The lowest BCUT2D eigenvalue weighted by atomic mass is 10.3. The zero-order valence-corrected chi connectivity index (χ0v) is 8.82. The molecule has 0 saturated heterocycles. The SMILES string of the molecule is N#C/C(=N/Nc1ccc(Cl)cc1)C(=O)NN. The number of benzene rings is 1. The highest BCUT2D eigenvalue weighted by molar-refractivity contribution is 6.45. The van der Waals surface area contributed by atoms with Crippen LogP contribution in [0.2, 0.25) is 5.02 Å². The van der Waals surface area contributed by atoms with Gasteiger partial charge in [-0.25, -0.2) is 5.84 Å². The van der Waals surface area contributed by atoms with Crippen molar-refractivity contribution in [3.63, 3.8) is 0 Å². The van der Waals surface area contributed by atoms with Crippen molar-refractivity contribution >= 4 is 28.9 Å². The van der Waals surface area contributed by atoms with Gasteiger partial charge >= 0.3 is 0 Å². The Hall–Kier alpha value is -2.10. The van der Waals surface area contributed by atoms with E-state index < -0.39 is 5.91 Å². The van der Waals surface area contributed by atoms with Gasteiger partial charge in [-0.15, -0.1) is 0 Å². The summed E-state index contributed by atoms with van der Waals surface area (Å²) in [5.74, 6) is 4.10. The molecule has 0 unspecified atom stereocenters. The van der Waals surface area contributed by atoms with E-state index in [1.807, 2.05) is 5.43 Å². The minimum Gasteiger partial charge on any atom is -0.288 e. The van der Waals surface area contributed by atoms with Crippen LogP contribution in [0.3, 0.4) is 0 Å². The first-order valence-corrected chi connectivity index (χ1v) is 4.55. The van der Waals surface area contributed by atoms with E-state index in [0.717, 1.165) is 0 Å². The van der Waals surface area contributed by atoms with Crippen LogP contribution in [-0.4, -0.2) is 11.6 Å². The Labute approximate surface area is 96.7 Å². The van der Waals surface area contributed by atoms with Crippen LogP contribution in [0.4, 0.5) is 5.69 Å². The van der Waals surface area contributed by atoms with E-state index in [4.69, 9.17) is 22.7 Å². The molecule has 0 aliphatic rings. The number of hydrogen-bond donors (Lipinski definition) is 3. The first-order valence-electron chi connectivity index (χ1n) is 4.17. The van der Waals surface area contributed by atoms with Gasteiger partial charge in [-0.2, -0.15) is 10.4 Å². The Kier molecular flexibility index (Phi) is 4.27. The monoisotopic (exact) mass is 237 g/mol. The van der Waals surface area contributed by atoms with Crippen molar-refractivity contribution in [2.75, 3.05) is 5.43 Å². The number of nitrogens with one attached hydrogen (secondary N) is 2. The highest BCUT2D eigenvalue weighted by Crippen LogP contribution is 2.13. The second-order valence-electron chi connectivity index (χ2n) is 2.66. The zero-order valence-electron chi connectivity index (χ0n) is 8.07. The van der Waals surface area contributed by atoms with Crippen LogP contribution in [0, 0.1) is 11.3 Å². The van der Waals surface area contributed by atoms with Gasteiger partial charge in [0.1, 0.15) is 6.07 Å². The number of halogens is 1. The van der Waals surface area contributed by atoms with Gasteiger partial charge in [0.25, 0.3) is 5.91 Å². The highest BCUT2D eigenvalue weighted by atomic mass is 35.5. The number of amides is 1. The molecule has 0 aliphatic carbocycles. The summed E-state index contributed by atoms with van der Waals surface area (Å²) in [5.41, 5.74) is 4.57. The fraction of sp³-hybridized carbons (Fsp3) is 0. The van der Waals surface area contributed by atoms with Gasteiger partial charge in [-0.1, -0.05) is 11.6 Å². The van der Waals surface area contributed by atoms with Crippen LogP contribution in [0.1, 0.15) is 0 Å². The third-order valence-electron chi connectivity index (χ3n) is 1.59. The maximum absolute atomic E-state index is 11.0. The Balaban J connectivity index is 2.75. The molecule has 0 aliphatic heterocycles. The fourth-order valence-corrected chi connectivity index (χ4v) is 0.966. The summed E-state index contributed by atoms with van der Waals surface area (Å²) in [6.07, 6.45) is 0. The molecule has 82 valence electrons. The molecule has 0 bridgehead atoms. The number of carbonyl (C=O) groups excluding carboxylic acids is 1. The van der Waals surface area contributed by atoms with Crippen LogP contribution in [0.15, 0.2) is 29.4 Å². The standard InChI is InChI=1S/C9H8ClN5O/c10-6-1-3-7(4-2-6)14-15-8(5-11)9(16)13-12/h1-4,14H,12H2,(H,13,16)/b15-8-. The van der Waals surface area contributed by atoms with E-state index in [-0.39, 0.29) is 5.71 Å². The van der Waals surface area contributed by atoms with Crippen molar-refractivity contribution in [3.05, 3.63) is 29.3 Å². The van der Waals surface area contributed by atoms with Gasteiger partial charge in [0.05, 0.1) is 5.69 Å². The van der Waals surface area contributed by atoms with E-state index in [1.165, 1.54) is 0 Å². The third-order valence-corrected chi connectivity index (χ3v) is 1.85. The molecule has 0 atom stereocenters. The quantitative estimate of drug-likeness (QED) is 0.310. The molecule has 1 aromatic carbocycles. The first kappa shape index (κ1) is 12.0. The average molecular weight is 238 g/mol. The molecule has 0 radical (unpaired) electrons. The summed E-state index contributed by atoms with van der Waals surface area (Å²) < 4.78 is 0. The van der Waals surface area contributed by atoms with Crippen LogP contribution < -0.4 is 16.7 Å². The molecule has 0 fully saturated rings. The lowest BCUT2D eigenvalue weighted by Crippen LogP contribution is -2.36. The largest absolute Gasteiger partial charge is 0.296 e. The lowest BCUT2D eigenvalue weighted by molar-refractivity contribution is -0.114. The smallest absolute Gasteiger partial charge is 0.288 e. The molecule has 16 heavy (non-hydrogen) atoms. The molecule has 7 heteroatoms. The van der Waals surface area contributed by atoms with Crippen molar-refractivity contribution in [1.29, 1.82) is 5.26 Å². The second kappa shape index (κ2) is 5.70. The van der Waals surface area contributed by atoms with E-state index in [0.29, 0.717) is 10.7 Å². The topological polar surface area (TPSA) is 103 Å². The Morgan fingerprint density at radius 2 is 2.06 bits per heavy atom. The number of nitriles is 1. The van der Waals surface area contributed by atoms with Gasteiger partial charge in [-0.05, 0) is 24.3 Å². The first-order chi connectivity index (χ1) is 7.67.